The molecule has 0 saturated carbocycles. The van der Waals surface area contributed by atoms with Crippen LogP contribution < -0.4 is 10.5 Å². The van der Waals surface area contributed by atoms with Gasteiger partial charge in [-0.2, -0.15) is 0 Å². The summed E-state index contributed by atoms with van der Waals surface area (Å²) in [5, 5.41) is 1.66. The van der Waals surface area contributed by atoms with Gasteiger partial charge >= 0.3 is 0 Å². The monoisotopic (exact) mass is 224 g/mol. The molecule has 3 nitrogen and oxygen atoms in total. The number of aromatic nitrogens is 1. The Morgan fingerprint density at radius 2 is 2.27 bits per heavy atom. The third-order valence-corrected chi connectivity index (χ3v) is 2.70. The molecule has 0 aliphatic carbocycles. The number of nitrogens with zero attached hydrogens (tertiary/aromatic N) is 1. The van der Waals surface area contributed by atoms with Gasteiger partial charge in [-0.1, -0.05) is 17.7 Å². The van der Waals surface area contributed by atoms with Crippen molar-refractivity contribution < 1.29 is 4.74 Å². The smallest absolute Gasteiger partial charge is 0.129 e. The van der Waals surface area contributed by atoms with Crippen molar-refractivity contribution in [1.82, 2.24) is 4.57 Å². The zero-order valence-electron chi connectivity index (χ0n) is 8.53. The Hall–Kier alpha value is -1.19. The number of nitrogens with two attached hydrogens (primary N) is 1. The van der Waals surface area contributed by atoms with Crippen LogP contribution >= 0.6 is 11.6 Å². The molecule has 0 aliphatic rings. The second kappa shape index (κ2) is 4.13. The molecule has 0 amide bonds. The summed E-state index contributed by atoms with van der Waals surface area (Å²) < 4.78 is 7.31. The summed E-state index contributed by atoms with van der Waals surface area (Å²) in [6.07, 6.45) is 1.89. The number of ether oxygens (including phenoxy) is 1. The van der Waals surface area contributed by atoms with E-state index in [9.17, 15) is 0 Å². The van der Waals surface area contributed by atoms with Gasteiger partial charge in [-0.05, 0) is 12.1 Å². The summed E-state index contributed by atoms with van der Waals surface area (Å²) in [6.45, 7) is 1.35. The normalized spacial score (nSPS) is 10.9. The largest absolute Gasteiger partial charge is 0.496 e. The van der Waals surface area contributed by atoms with Gasteiger partial charge in [0, 0.05) is 19.3 Å². The molecule has 0 saturated heterocycles. The van der Waals surface area contributed by atoms with Crippen molar-refractivity contribution in [3.63, 3.8) is 0 Å². The molecule has 1 heterocycles. The molecule has 1 aromatic heterocycles. The molecule has 4 heteroatoms. The van der Waals surface area contributed by atoms with E-state index in [1.165, 1.54) is 0 Å². The number of halogens is 1. The maximum absolute atomic E-state index is 6.16. The Bertz CT molecular complexity index is 479. The third kappa shape index (κ3) is 1.68. The van der Waals surface area contributed by atoms with Gasteiger partial charge in [0.15, 0.2) is 0 Å². The molecule has 80 valence electrons. The van der Waals surface area contributed by atoms with Crippen LogP contribution in [0.15, 0.2) is 24.4 Å². The summed E-state index contributed by atoms with van der Waals surface area (Å²) in [5.41, 5.74) is 6.60. The Kier molecular flexibility index (Phi) is 2.84. The van der Waals surface area contributed by atoms with E-state index in [1.807, 2.05) is 29.0 Å². The minimum atomic E-state index is 0.595. The Morgan fingerprint density at radius 3 is 2.93 bits per heavy atom. The maximum atomic E-state index is 6.16. The van der Waals surface area contributed by atoms with Crippen molar-refractivity contribution >= 4 is 22.5 Å². The fourth-order valence-corrected chi connectivity index (χ4v) is 2.07. The van der Waals surface area contributed by atoms with Gasteiger partial charge in [-0.15, -0.1) is 0 Å². The molecule has 2 rings (SSSR count). The van der Waals surface area contributed by atoms with E-state index in [4.69, 9.17) is 22.1 Å². The van der Waals surface area contributed by atoms with Crippen LogP contribution in [0.25, 0.3) is 10.9 Å². The quantitative estimate of drug-likeness (QED) is 0.869. The first kappa shape index (κ1) is 10.3. The molecule has 2 N–H and O–H groups in total. The fourth-order valence-electron chi connectivity index (χ4n) is 1.76. The summed E-state index contributed by atoms with van der Waals surface area (Å²) in [6, 6.07) is 5.87. The van der Waals surface area contributed by atoms with Crippen LogP contribution in [0.1, 0.15) is 0 Å². The summed E-state index contributed by atoms with van der Waals surface area (Å²) in [4.78, 5) is 0. The van der Waals surface area contributed by atoms with E-state index in [1.54, 1.807) is 7.11 Å². The molecule has 0 bridgehead atoms. The first-order chi connectivity index (χ1) is 7.27. The molecule has 0 spiro atoms. The number of methoxy groups -OCH3 is 1. The third-order valence-electron chi connectivity index (χ3n) is 2.41. The standard InChI is InChI=1S/C11H13ClN2O/c1-15-10-4-2-3-9-11(10)8(12)7-14(9)6-5-13/h2-4,7H,5-6,13H2,1H3. The highest BCUT2D eigenvalue weighted by molar-refractivity contribution is 6.36. The van der Waals surface area contributed by atoms with Crippen LogP contribution in [-0.4, -0.2) is 18.2 Å². The second-order valence-electron chi connectivity index (χ2n) is 3.31. The predicted molar refractivity (Wildman–Crippen MR) is 62.6 cm³/mol. The Balaban J connectivity index is 2.68. The van der Waals surface area contributed by atoms with Gasteiger partial charge in [-0.25, -0.2) is 0 Å². The number of hydrogen-bond donors (Lipinski definition) is 1. The molecule has 0 fully saturated rings. The topological polar surface area (TPSA) is 40.2 Å². The maximum Gasteiger partial charge on any atom is 0.129 e. The second-order valence-corrected chi connectivity index (χ2v) is 3.72. The lowest BCUT2D eigenvalue weighted by Crippen LogP contribution is -2.08. The lowest BCUT2D eigenvalue weighted by Gasteiger charge is -2.04. The first-order valence-corrected chi connectivity index (χ1v) is 5.17. The molecule has 1 aromatic carbocycles. The van der Waals surface area contributed by atoms with E-state index in [-0.39, 0.29) is 0 Å². The lowest BCUT2D eigenvalue weighted by atomic mass is 10.2. The van der Waals surface area contributed by atoms with Crippen molar-refractivity contribution in [3.8, 4) is 5.75 Å². The average molecular weight is 225 g/mol. The molecule has 15 heavy (non-hydrogen) atoms. The molecule has 0 aliphatic heterocycles. The number of fused-ring (bicyclic) bond motifs is 1. The van der Waals surface area contributed by atoms with Crippen LogP contribution in [-0.2, 0) is 6.54 Å². The van der Waals surface area contributed by atoms with Gasteiger partial charge in [0.1, 0.15) is 5.75 Å². The molecule has 0 atom stereocenters. The van der Waals surface area contributed by atoms with Gasteiger partial charge in [0.05, 0.1) is 23.0 Å². The molecular formula is C11H13ClN2O. The van der Waals surface area contributed by atoms with Gasteiger partial charge in [0.2, 0.25) is 0 Å². The van der Waals surface area contributed by atoms with Crippen molar-refractivity contribution in [1.29, 1.82) is 0 Å². The van der Waals surface area contributed by atoms with Gasteiger partial charge < -0.3 is 15.0 Å². The van der Waals surface area contributed by atoms with Crippen molar-refractivity contribution in [2.75, 3.05) is 13.7 Å². The summed E-state index contributed by atoms with van der Waals surface area (Å²) >= 11 is 6.16. The van der Waals surface area contributed by atoms with E-state index in [0.29, 0.717) is 11.6 Å². The van der Waals surface area contributed by atoms with E-state index < -0.39 is 0 Å². The minimum absolute atomic E-state index is 0.595. The van der Waals surface area contributed by atoms with Crippen LogP contribution in [0.5, 0.6) is 5.75 Å². The first-order valence-electron chi connectivity index (χ1n) is 4.79. The van der Waals surface area contributed by atoms with Crippen molar-refractivity contribution in [2.45, 2.75) is 6.54 Å². The fraction of sp³-hybridized carbons (Fsp3) is 0.273. The zero-order chi connectivity index (χ0) is 10.8. The number of rotatable bonds is 3. The highest BCUT2D eigenvalue weighted by Gasteiger charge is 2.10. The van der Waals surface area contributed by atoms with Gasteiger partial charge in [-0.3, -0.25) is 0 Å². The van der Waals surface area contributed by atoms with Crippen LogP contribution in [0.3, 0.4) is 0 Å². The SMILES string of the molecule is COc1cccc2c1c(Cl)cn2CCN. The molecular weight excluding hydrogens is 212 g/mol. The highest BCUT2D eigenvalue weighted by Crippen LogP contribution is 2.33. The predicted octanol–water partition coefficient (Wildman–Crippen LogP) is 2.26. The van der Waals surface area contributed by atoms with Crippen molar-refractivity contribution in [3.05, 3.63) is 29.4 Å². The average Bonchev–Trinajstić information content (AvgIpc) is 2.57. The van der Waals surface area contributed by atoms with E-state index in [2.05, 4.69) is 0 Å². The minimum Gasteiger partial charge on any atom is -0.496 e. The summed E-state index contributed by atoms with van der Waals surface area (Å²) in [7, 11) is 1.64. The van der Waals surface area contributed by atoms with Crippen LogP contribution in [0.2, 0.25) is 5.02 Å². The number of hydrogen-bond acceptors (Lipinski definition) is 2. The van der Waals surface area contributed by atoms with Crippen LogP contribution in [0.4, 0.5) is 0 Å². The molecule has 2 aromatic rings. The molecule has 0 radical (unpaired) electrons. The van der Waals surface area contributed by atoms with Crippen LogP contribution in [0, 0.1) is 0 Å². The summed E-state index contributed by atoms with van der Waals surface area (Å²) in [5.74, 6) is 0.799. The number of benzene rings is 1. The van der Waals surface area contributed by atoms with Gasteiger partial charge in [0.25, 0.3) is 0 Å². The zero-order valence-corrected chi connectivity index (χ0v) is 9.29. The molecule has 0 unspecified atom stereocenters. The highest BCUT2D eigenvalue weighted by atomic mass is 35.5. The van der Waals surface area contributed by atoms with Crippen molar-refractivity contribution in [2.24, 2.45) is 5.73 Å². The Labute approximate surface area is 93.4 Å². The van der Waals surface area contributed by atoms with E-state index >= 15 is 0 Å². The van der Waals surface area contributed by atoms with E-state index in [0.717, 1.165) is 23.2 Å². The Morgan fingerprint density at radius 1 is 1.47 bits per heavy atom. The lowest BCUT2D eigenvalue weighted by molar-refractivity contribution is 0.420.